The van der Waals surface area contributed by atoms with Crippen molar-refractivity contribution < 1.29 is 9.18 Å². The van der Waals surface area contributed by atoms with Gasteiger partial charge < -0.3 is 10.6 Å². The highest BCUT2D eigenvalue weighted by atomic mass is 35.5. The second-order valence-corrected chi connectivity index (χ2v) is 9.56. The van der Waals surface area contributed by atoms with E-state index in [0.29, 0.717) is 24.4 Å². The Kier molecular flexibility index (Phi) is 6.23. The van der Waals surface area contributed by atoms with Crippen molar-refractivity contribution in [2.45, 2.75) is 69.5 Å². The number of carbonyl (C=O) groups is 1. The van der Waals surface area contributed by atoms with Gasteiger partial charge in [-0.25, -0.2) is 9.37 Å². The van der Waals surface area contributed by atoms with Crippen molar-refractivity contribution in [1.29, 1.82) is 0 Å². The predicted molar refractivity (Wildman–Crippen MR) is 116 cm³/mol. The lowest BCUT2D eigenvalue weighted by molar-refractivity contribution is -0.123. The van der Waals surface area contributed by atoms with Gasteiger partial charge in [-0.1, -0.05) is 0 Å². The summed E-state index contributed by atoms with van der Waals surface area (Å²) in [7, 11) is 0. The number of thiazole rings is 1. The third kappa shape index (κ3) is 4.49. The van der Waals surface area contributed by atoms with Crippen molar-refractivity contribution in [3.63, 3.8) is 0 Å². The molecule has 7 heteroatoms. The van der Waals surface area contributed by atoms with Crippen LogP contribution in [0.4, 0.5) is 4.39 Å². The Labute approximate surface area is 181 Å². The summed E-state index contributed by atoms with van der Waals surface area (Å²) in [5.74, 6) is 0.459. The highest BCUT2D eigenvalue weighted by molar-refractivity contribution is 7.15. The summed E-state index contributed by atoms with van der Waals surface area (Å²) in [4.78, 5) is 18.7. The molecule has 1 aromatic carbocycles. The molecule has 3 aliphatic rings. The number of hydrogen-bond acceptors (Lipinski definition) is 4. The smallest absolute Gasteiger partial charge is 0.220 e. The molecule has 2 aliphatic heterocycles. The zero-order valence-electron chi connectivity index (χ0n) is 16.3. The van der Waals surface area contributed by atoms with Gasteiger partial charge in [0.2, 0.25) is 5.91 Å². The number of aromatic nitrogens is 1. The number of fused-ring (bicyclic) bond motifs is 3. The van der Waals surface area contributed by atoms with Crippen molar-refractivity contribution in [2.75, 3.05) is 0 Å². The second kappa shape index (κ2) is 8.70. The Morgan fingerprint density at radius 1 is 1.17 bits per heavy atom. The van der Waals surface area contributed by atoms with Crippen molar-refractivity contribution in [3.8, 4) is 10.6 Å². The van der Waals surface area contributed by atoms with E-state index in [2.05, 4.69) is 10.6 Å². The number of benzene rings is 1. The first-order valence-corrected chi connectivity index (χ1v) is 11.3. The average Bonchev–Trinajstić information content (AvgIpc) is 3.26. The molecule has 1 aliphatic carbocycles. The van der Waals surface area contributed by atoms with Crippen LogP contribution in [-0.2, 0) is 11.2 Å². The van der Waals surface area contributed by atoms with Crippen LogP contribution < -0.4 is 10.6 Å². The van der Waals surface area contributed by atoms with E-state index < -0.39 is 0 Å². The van der Waals surface area contributed by atoms with E-state index in [9.17, 15) is 9.18 Å². The first-order valence-electron chi connectivity index (χ1n) is 10.4. The predicted octanol–water partition coefficient (Wildman–Crippen LogP) is 4.79. The molecule has 3 heterocycles. The molecule has 2 saturated heterocycles. The quantitative estimate of drug-likeness (QED) is 0.726. The summed E-state index contributed by atoms with van der Waals surface area (Å²) >= 11 is 1.64. The Hall–Kier alpha value is -1.50. The van der Waals surface area contributed by atoms with Crippen molar-refractivity contribution in [1.82, 2.24) is 15.6 Å². The molecule has 5 rings (SSSR count). The molecule has 156 valence electrons. The Balaban J connectivity index is 0.00000205. The SMILES string of the molecule is Cl.O=C(CC1CC2CCC(C1)N2)NC1CCCc2nc(-c3ccc(F)cc3)sc21. The number of nitrogens with one attached hydrogen (secondary N) is 2. The maximum atomic E-state index is 13.2. The van der Waals surface area contributed by atoms with Crippen LogP contribution in [0, 0.1) is 11.7 Å². The van der Waals surface area contributed by atoms with Gasteiger partial charge in [-0.05, 0) is 75.1 Å². The number of nitrogens with zero attached hydrogens (tertiary/aromatic N) is 1. The molecule has 1 amide bonds. The van der Waals surface area contributed by atoms with E-state index in [0.717, 1.165) is 48.4 Å². The Bertz CT molecular complexity index is 859. The number of carbonyl (C=O) groups excluding carboxylic acids is 1. The van der Waals surface area contributed by atoms with Crippen LogP contribution in [0.15, 0.2) is 24.3 Å². The van der Waals surface area contributed by atoms with Gasteiger partial charge in [0.15, 0.2) is 0 Å². The summed E-state index contributed by atoms with van der Waals surface area (Å²) < 4.78 is 13.2. The third-order valence-corrected chi connectivity index (χ3v) is 7.68. The number of piperidine rings is 1. The van der Waals surface area contributed by atoms with Gasteiger partial charge >= 0.3 is 0 Å². The van der Waals surface area contributed by atoms with Gasteiger partial charge in [-0.15, -0.1) is 23.7 Å². The van der Waals surface area contributed by atoms with Crippen molar-refractivity contribution in [3.05, 3.63) is 40.7 Å². The molecular formula is C22H27ClFN3OS. The minimum absolute atomic E-state index is 0. The first-order chi connectivity index (χ1) is 13.6. The van der Waals surface area contributed by atoms with E-state index in [-0.39, 0.29) is 30.2 Å². The monoisotopic (exact) mass is 435 g/mol. The zero-order chi connectivity index (χ0) is 19.1. The molecule has 0 saturated carbocycles. The number of aryl methyl sites for hydroxylation is 1. The van der Waals surface area contributed by atoms with E-state index >= 15 is 0 Å². The summed E-state index contributed by atoms with van der Waals surface area (Å²) in [6.45, 7) is 0. The van der Waals surface area contributed by atoms with Crippen LogP contribution in [0.1, 0.15) is 61.6 Å². The molecule has 0 radical (unpaired) electrons. The maximum absolute atomic E-state index is 13.2. The van der Waals surface area contributed by atoms with E-state index in [1.54, 1.807) is 23.5 Å². The molecule has 2 aromatic rings. The molecule has 2 bridgehead atoms. The molecule has 1 aromatic heterocycles. The van der Waals surface area contributed by atoms with Crippen LogP contribution in [0.3, 0.4) is 0 Å². The van der Waals surface area contributed by atoms with Gasteiger partial charge in [-0.3, -0.25) is 4.79 Å². The molecule has 3 atom stereocenters. The number of amides is 1. The van der Waals surface area contributed by atoms with Gasteiger partial charge in [0.05, 0.1) is 16.6 Å². The molecule has 0 spiro atoms. The molecule has 2 fully saturated rings. The maximum Gasteiger partial charge on any atom is 0.220 e. The summed E-state index contributed by atoms with van der Waals surface area (Å²) in [5, 5.41) is 7.86. The Morgan fingerprint density at radius 2 is 1.90 bits per heavy atom. The van der Waals surface area contributed by atoms with E-state index in [1.165, 1.54) is 29.9 Å². The van der Waals surface area contributed by atoms with Crippen LogP contribution in [0.5, 0.6) is 0 Å². The minimum atomic E-state index is -0.235. The molecule has 4 nitrogen and oxygen atoms in total. The van der Waals surface area contributed by atoms with Gasteiger partial charge in [0.1, 0.15) is 10.8 Å². The van der Waals surface area contributed by atoms with E-state index in [4.69, 9.17) is 4.98 Å². The first kappa shape index (κ1) is 20.8. The van der Waals surface area contributed by atoms with Gasteiger partial charge in [-0.2, -0.15) is 0 Å². The number of halogens is 2. The highest BCUT2D eigenvalue weighted by Gasteiger charge is 2.35. The summed E-state index contributed by atoms with van der Waals surface area (Å²) in [5.41, 5.74) is 2.04. The normalized spacial score (nSPS) is 27.8. The minimum Gasteiger partial charge on any atom is -0.348 e. The number of hydrogen-bond donors (Lipinski definition) is 2. The standard InChI is InChI=1S/C22H26FN3OS.ClH/c23-15-6-4-14(5-7-15)22-26-19-3-1-2-18(21(19)28-22)25-20(27)12-13-10-16-8-9-17(11-13)24-16;/h4-7,13,16-18,24H,1-3,8-12H2,(H,25,27);1H. The fourth-order valence-electron chi connectivity index (χ4n) is 5.13. The topological polar surface area (TPSA) is 54.0 Å². The molecular weight excluding hydrogens is 409 g/mol. The fourth-order valence-corrected chi connectivity index (χ4v) is 6.33. The van der Waals surface area contributed by atoms with Crippen molar-refractivity contribution >= 4 is 29.7 Å². The third-order valence-electron chi connectivity index (χ3n) is 6.42. The van der Waals surface area contributed by atoms with Gasteiger partial charge in [0, 0.05) is 24.1 Å². The molecule has 29 heavy (non-hydrogen) atoms. The van der Waals surface area contributed by atoms with Crippen LogP contribution >= 0.6 is 23.7 Å². The van der Waals surface area contributed by atoms with Gasteiger partial charge in [0.25, 0.3) is 0 Å². The molecule has 3 unspecified atom stereocenters. The Morgan fingerprint density at radius 3 is 2.62 bits per heavy atom. The average molecular weight is 436 g/mol. The fraction of sp³-hybridized carbons (Fsp3) is 0.545. The highest BCUT2D eigenvalue weighted by Crippen LogP contribution is 2.38. The summed E-state index contributed by atoms with van der Waals surface area (Å²) in [6.07, 6.45) is 8.41. The zero-order valence-corrected chi connectivity index (χ0v) is 18.0. The van der Waals surface area contributed by atoms with Crippen LogP contribution in [-0.4, -0.2) is 23.0 Å². The second-order valence-electron chi connectivity index (χ2n) is 8.53. The van der Waals surface area contributed by atoms with Crippen LogP contribution in [0.2, 0.25) is 0 Å². The van der Waals surface area contributed by atoms with Crippen molar-refractivity contribution in [2.24, 2.45) is 5.92 Å². The molecule has 2 N–H and O–H groups in total. The van der Waals surface area contributed by atoms with Crippen LogP contribution in [0.25, 0.3) is 10.6 Å². The lowest BCUT2D eigenvalue weighted by Crippen LogP contribution is -2.40. The van der Waals surface area contributed by atoms with E-state index in [1.807, 2.05) is 0 Å². The largest absolute Gasteiger partial charge is 0.348 e. The lowest BCUT2D eigenvalue weighted by Gasteiger charge is -2.29. The summed E-state index contributed by atoms with van der Waals surface area (Å²) in [6, 6.07) is 7.82. The number of rotatable bonds is 4. The lowest BCUT2D eigenvalue weighted by atomic mass is 9.89.